The number of hydrogen-bond acceptors (Lipinski definition) is 3. The van der Waals surface area contributed by atoms with E-state index in [0.29, 0.717) is 5.69 Å². The summed E-state index contributed by atoms with van der Waals surface area (Å²) in [4.78, 5) is 10.2. The minimum Gasteiger partial charge on any atom is -0.449 e. The van der Waals surface area contributed by atoms with Crippen molar-refractivity contribution in [3.63, 3.8) is 0 Å². The van der Waals surface area contributed by atoms with Gasteiger partial charge in [0.2, 0.25) is 5.63 Å². The summed E-state index contributed by atoms with van der Waals surface area (Å²) < 4.78 is 16.8. The minimum absolute atomic E-state index is 0.185. The molecule has 0 aliphatic heterocycles. The molecule has 1 aromatic heterocycles. The van der Waals surface area contributed by atoms with Crippen molar-refractivity contribution in [2.24, 2.45) is 0 Å². The normalized spacial score (nSPS) is 12.5. The Morgan fingerprint density at radius 2 is 2.46 bits per heavy atom. The van der Waals surface area contributed by atoms with Crippen LogP contribution in [0.25, 0.3) is 0 Å². The van der Waals surface area contributed by atoms with E-state index < -0.39 is 11.8 Å². The van der Waals surface area contributed by atoms with Gasteiger partial charge < -0.3 is 9.84 Å². The van der Waals surface area contributed by atoms with Gasteiger partial charge in [-0.2, -0.15) is 5.10 Å². The highest BCUT2D eigenvalue weighted by atomic mass is 35.5. The van der Waals surface area contributed by atoms with Crippen molar-refractivity contribution in [1.29, 1.82) is 0 Å². The van der Waals surface area contributed by atoms with E-state index in [1.807, 2.05) is 0 Å². The zero-order chi connectivity index (χ0) is 10.0. The van der Waals surface area contributed by atoms with Gasteiger partial charge in [-0.1, -0.05) is 11.6 Å². The van der Waals surface area contributed by atoms with Crippen LogP contribution in [0.4, 0.5) is 9.18 Å². The second-order valence-electron chi connectivity index (χ2n) is 2.23. The molecule has 0 aliphatic carbocycles. The van der Waals surface area contributed by atoms with Crippen LogP contribution in [-0.4, -0.2) is 21.5 Å². The number of rotatable bonds is 2. The first kappa shape index (κ1) is 9.79. The number of hydrogen-bond donors (Lipinski definition) is 2. The maximum atomic E-state index is 12.6. The smallest absolute Gasteiger partial charge is 0.449 e. The summed E-state index contributed by atoms with van der Waals surface area (Å²) in [6, 6.07) is 0. The van der Waals surface area contributed by atoms with E-state index in [2.05, 4.69) is 14.9 Å². The summed E-state index contributed by atoms with van der Waals surface area (Å²) in [5.41, 5.74) is -1.85. The SMILES string of the molecule is Cc1[nH]nc(C(F)Cl)c1OC(=O)O. The lowest BCUT2D eigenvalue weighted by molar-refractivity contribution is 0.143. The van der Waals surface area contributed by atoms with Crippen LogP contribution in [0.15, 0.2) is 0 Å². The molecule has 0 fully saturated rings. The molecule has 13 heavy (non-hydrogen) atoms. The highest BCUT2D eigenvalue weighted by Crippen LogP contribution is 2.31. The highest BCUT2D eigenvalue weighted by Gasteiger charge is 2.20. The molecule has 2 N–H and O–H groups in total. The van der Waals surface area contributed by atoms with Crippen LogP contribution in [0, 0.1) is 6.92 Å². The van der Waals surface area contributed by atoms with Crippen LogP contribution in [-0.2, 0) is 0 Å². The molecule has 0 aromatic carbocycles. The minimum atomic E-state index is -1.89. The molecule has 72 valence electrons. The predicted molar refractivity (Wildman–Crippen MR) is 41.7 cm³/mol. The molecule has 1 unspecified atom stereocenters. The van der Waals surface area contributed by atoms with Gasteiger partial charge in [0.15, 0.2) is 11.4 Å². The number of nitrogens with zero attached hydrogens (tertiary/aromatic N) is 1. The van der Waals surface area contributed by atoms with Crippen molar-refractivity contribution in [1.82, 2.24) is 10.2 Å². The van der Waals surface area contributed by atoms with Gasteiger partial charge in [0, 0.05) is 0 Å². The maximum absolute atomic E-state index is 12.6. The number of aryl methyl sites for hydroxylation is 1. The zero-order valence-corrected chi connectivity index (χ0v) is 7.30. The summed E-state index contributed by atoms with van der Waals surface area (Å²) in [7, 11) is 0. The third-order valence-corrected chi connectivity index (χ3v) is 1.52. The first-order valence-electron chi connectivity index (χ1n) is 3.26. The molecule has 0 saturated heterocycles. The lowest BCUT2D eigenvalue weighted by Crippen LogP contribution is -2.05. The van der Waals surface area contributed by atoms with E-state index in [4.69, 9.17) is 16.7 Å². The fraction of sp³-hybridized carbons (Fsp3) is 0.333. The number of aromatic nitrogens is 2. The first-order valence-corrected chi connectivity index (χ1v) is 3.69. The van der Waals surface area contributed by atoms with E-state index in [1.165, 1.54) is 6.92 Å². The molecule has 0 spiro atoms. The Balaban J connectivity index is 3.01. The Bertz CT molecular complexity index is 326. The predicted octanol–water partition coefficient (Wildman–Crippen LogP) is 1.98. The number of alkyl halides is 2. The van der Waals surface area contributed by atoms with Gasteiger partial charge in [0.25, 0.3) is 0 Å². The quantitative estimate of drug-likeness (QED) is 0.576. The Morgan fingerprint density at radius 1 is 1.85 bits per heavy atom. The van der Waals surface area contributed by atoms with Crippen LogP contribution < -0.4 is 4.74 Å². The number of H-pyrrole nitrogens is 1. The van der Waals surface area contributed by atoms with E-state index in [-0.39, 0.29) is 11.4 Å². The topological polar surface area (TPSA) is 75.2 Å². The van der Waals surface area contributed by atoms with Gasteiger partial charge in [-0.3, -0.25) is 5.10 Å². The van der Waals surface area contributed by atoms with Crippen LogP contribution in [0.2, 0.25) is 0 Å². The second kappa shape index (κ2) is 3.61. The van der Waals surface area contributed by atoms with Crippen molar-refractivity contribution in [3.05, 3.63) is 11.4 Å². The van der Waals surface area contributed by atoms with Crippen molar-refractivity contribution >= 4 is 17.8 Å². The largest absolute Gasteiger partial charge is 0.511 e. The summed E-state index contributed by atoms with van der Waals surface area (Å²) >= 11 is 5.08. The molecule has 0 amide bonds. The molecular weight excluding hydrogens is 203 g/mol. The number of nitrogens with one attached hydrogen (secondary N) is 1. The molecule has 1 heterocycles. The van der Waals surface area contributed by atoms with Gasteiger partial charge in [-0.25, -0.2) is 9.18 Å². The number of ether oxygens (including phenoxy) is 1. The summed E-state index contributed by atoms with van der Waals surface area (Å²) in [6.07, 6.45) is -1.54. The molecule has 0 saturated carbocycles. The van der Waals surface area contributed by atoms with Gasteiger partial charge in [0.05, 0.1) is 5.69 Å². The number of carboxylic acid groups (broad SMARTS) is 1. The highest BCUT2D eigenvalue weighted by molar-refractivity contribution is 6.19. The van der Waals surface area contributed by atoms with Gasteiger partial charge >= 0.3 is 6.16 Å². The summed E-state index contributed by atoms with van der Waals surface area (Å²) in [5, 5.41) is 14.1. The first-order chi connectivity index (χ1) is 6.02. The molecule has 7 heteroatoms. The standard InChI is InChI=1S/C6H6ClFN2O3/c1-2-4(13-6(11)12)3(5(7)8)10-9-2/h5H,1H3,(H,9,10)(H,11,12). The van der Waals surface area contributed by atoms with E-state index in [0.717, 1.165) is 0 Å². The van der Waals surface area contributed by atoms with E-state index in [9.17, 15) is 9.18 Å². The van der Waals surface area contributed by atoms with Gasteiger partial charge in [0.1, 0.15) is 0 Å². The molecule has 0 aliphatic rings. The fourth-order valence-electron chi connectivity index (χ4n) is 0.802. The Morgan fingerprint density at radius 3 is 2.92 bits per heavy atom. The number of aromatic amines is 1. The fourth-order valence-corrected chi connectivity index (χ4v) is 0.950. The number of halogens is 2. The van der Waals surface area contributed by atoms with Crippen LogP contribution >= 0.6 is 11.6 Å². The maximum Gasteiger partial charge on any atom is 0.511 e. The molecule has 0 bridgehead atoms. The van der Waals surface area contributed by atoms with Crippen LogP contribution in [0.1, 0.15) is 17.0 Å². The molecular formula is C6H6ClFN2O3. The summed E-state index contributed by atoms with van der Waals surface area (Å²) in [6.45, 7) is 1.49. The van der Waals surface area contributed by atoms with E-state index >= 15 is 0 Å². The Hall–Kier alpha value is -1.30. The Labute approximate surface area is 77.5 Å². The molecule has 1 aromatic rings. The lowest BCUT2D eigenvalue weighted by Gasteiger charge is -2.00. The summed E-state index contributed by atoms with van der Waals surface area (Å²) in [5.74, 6) is -0.185. The average Bonchev–Trinajstić information content (AvgIpc) is 2.32. The van der Waals surface area contributed by atoms with Gasteiger partial charge in [-0.15, -0.1) is 0 Å². The van der Waals surface area contributed by atoms with Crippen molar-refractivity contribution in [3.8, 4) is 5.75 Å². The molecule has 1 atom stereocenters. The monoisotopic (exact) mass is 208 g/mol. The van der Waals surface area contributed by atoms with Crippen molar-refractivity contribution < 1.29 is 19.0 Å². The van der Waals surface area contributed by atoms with Crippen molar-refractivity contribution in [2.45, 2.75) is 12.6 Å². The third kappa shape index (κ3) is 2.09. The Kier molecular flexibility index (Phi) is 2.72. The zero-order valence-electron chi connectivity index (χ0n) is 6.54. The lowest BCUT2D eigenvalue weighted by atomic mass is 10.3. The van der Waals surface area contributed by atoms with E-state index in [1.54, 1.807) is 0 Å². The average molecular weight is 209 g/mol. The van der Waals surface area contributed by atoms with Crippen LogP contribution in [0.3, 0.4) is 0 Å². The van der Waals surface area contributed by atoms with Crippen LogP contribution in [0.5, 0.6) is 5.75 Å². The molecule has 0 radical (unpaired) electrons. The molecule has 1 rings (SSSR count). The second-order valence-corrected chi connectivity index (χ2v) is 2.61. The third-order valence-electron chi connectivity index (χ3n) is 1.31. The molecule has 5 nitrogen and oxygen atoms in total. The van der Waals surface area contributed by atoms with Crippen molar-refractivity contribution in [2.75, 3.05) is 0 Å². The number of carbonyl (C=O) groups is 1. The van der Waals surface area contributed by atoms with Gasteiger partial charge in [-0.05, 0) is 6.92 Å².